The summed E-state index contributed by atoms with van der Waals surface area (Å²) in [5.74, 6) is 0. The van der Waals surface area contributed by atoms with Gasteiger partial charge in [-0.15, -0.1) is 0 Å². The van der Waals surface area contributed by atoms with Crippen LogP contribution in [0.25, 0.3) is 0 Å². The first-order chi connectivity index (χ1) is 1.73. The quantitative estimate of drug-likeness (QED) is 0.430. The van der Waals surface area contributed by atoms with E-state index in [4.69, 9.17) is 13.2 Å². The molecule has 0 aromatic carbocycles. The van der Waals surface area contributed by atoms with Crippen molar-refractivity contribution in [2.75, 3.05) is 0 Å². The van der Waals surface area contributed by atoms with Crippen LogP contribution >= 0.6 is 0 Å². The summed E-state index contributed by atoms with van der Waals surface area (Å²) in [6.45, 7) is 0. The summed E-state index contributed by atoms with van der Waals surface area (Å²) in [7, 11) is -2.61. The maximum atomic E-state index is 8.67. The van der Waals surface area contributed by atoms with Gasteiger partial charge >= 0.3 is 10.5 Å². The van der Waals surface area contributed by atoms with Crippen LogP contribution in [-0.2, 0) is 10.5 Å². The Balaban J connectivity index is 4.65. The van der Waals surface area contributed by atoms with Gasteiger partial charge in [-0.3, -0.25) is 0 Å². The van der Waals surface area contributed by atoms with Crippen molar-refractivity contribution in [3.63, 3.8) is 0 Å². The molecule has 4 heteroatoms. The fourth-order valence-electron chi connectivity index (χ4n) is 0. The highest BCUT2D eigenvalue weighted by Gasteiger charge is 1.32. The van der Waals surface area contributed by atoms with Gasteiger partial charge in [-0.1, -0.05) is 0 Å². The van der Waals surface area contributed by atoms with Crippen LogP contribution in [0.5, 0.6) is 0 Å². The van der Waals surface area contributed by atoms with E-state index in [9.17, 15) is 0 Å². The highest BCUT2D eigenvalue weighted by atomic mass is 32.2. The third kappa shape index (κ3) is 4.31. The molecule has 0 radical (unpaired) electrons. The van der Waals surface area contributed by atoms with Crippen molar-refractivity contribution >= 4 is 10.5 Å². The first-order valence-corrected chi connectivity index (χ1v) is 1.61. The van der Waals surface area contributed by atoms with Crippen LogP contribution in [0.4, 0.5) is 0 Å². The predicted molar refractivity (Wildman–Crippen MR) is 11.6 cm³/mol. The molecule has 0 aromatic rings. The minimum atomic E-state index is -2.61. The van der Waals surface area contributed by atoms with Crippen molar-refractivity contribution in [2.45, 2.75) is 0 Å². The lowest BCUT2D eigenvalue weighted by molar-refractivity contribution is 0.620. The highest BCUT2D eigenvalue weighted by molar-refractivity contribution is 7.60. The lowest BCUT2D eigenvalue weighted by Gasteiger charge is -1.18. The van der Waals surface area contributed by atoms with Crippen molar-refractivity contribution < 1.29 is 8.42 Å². The fourth-order valence-corrected chi connectivity index (χ4v) is 0. The Hall–Kier alpha value is -0.380. The Bertz CT molecular complexity index is 75.4. The maximum absolute atomic E-state index is 8.67. The molecule has 3 nitrogen and oxygen atoms in total. The number of rotatable bonds is 0. The summed E-state index contributed by atoms with van der Waals surface area (Å²) in [6.07, 6.45) is 0. The average Bonchev–Trinajstić information content (AvgIpc) is 0.811. The number of hydrogen-bond acceptors (Lipinski definition) is 3. The van der Waals surface area contributed by atoms with Crippen LogP contribution in [0.3, 0.4) is 0 Å². The predicted octanol–water partition coefficient (Wildman–Crippen LogP) is -0.372. The third-order valence-electron chi connectivity index (χ3n) is 0. The molecule has 0 fully saturated rings. The molecule has 0 heterocycles. The van der Waals surface area contributed by atoms with Crippen LogP contribution < -0.4 is 0 Å². The minimum Gasteiger partial charge on any atom is -0.188 e. The zero-order valence-corrected chi connectivity index (χ0v) is 2.54. The van der Waals surface area contributed by atoms with E-state index in [1.807, 2.05) is 0 Å². The van der Waals surface area contributed by atoms with Gasteiger partial charge in [0.2, 0.25) is 0 Å². The van der Waals surface area contributed by atoms with E-state index in [1.54, 1.807) is 0 Å². The molecule has 0 rings (SSSR count). The number of nitrogens with one attached hydrogen (secondary N) is 1. The van der Waals surface area contributed by atoms with E-state index in [1.165, 1.54) is 0 Å². The standard InChI is InChI=1S/HNO2S/c1-4(2)3/h1H. The molecule has 24 valence electrons. The zero-order valence-electron chi connectivity index (χ0n) is 1.72. The topological polar surface area (TPSA) is 58.0 Å². The fraction of sp³-hybridized carbons (Fsp3) is 0. The van der Waals surface area contributed by atoms with Crippen LogP contribution in [-0.4, -0.2) is 8.42 Å². The summed E-state index contributed by atoms with van der Waals surface area (Å²) < 4.78 is 22.8. The Morgan fingerprint density at radius 3 is 1.50 bits per heavy atom. The summed E-state index contributed by atoms with van der Waals surface area (Å²) >= 11 is 0. The van der Waals surface area contributed by atoms with Crippen LogP contribution in [0.2, 0.25) is 0 Å². The molecule has 0 aliphatic carbocycles. The van der Waals surface area contributed by atoms with Gasteiger partial charge < -0.3 is 0 Å². The van der Waals surface area contributed by atoms with Gasteiger partial charge in [0, 0.05) is 0 Å². The average molecular weight is 79.1 g/mol. The SMILES string of the molecule is N=S(=O)=O. The molecule has 0 aliphatic rings. The third-order valence-corrected chi connectivity index (χ3v) is 0. The van der Waals surface area contributed by atoms with Gasteiger partial charge in [-0.25, -0.2) is 0 Å². The van der Waals surface area contributed by atoms with Gasteiger partial charge in [0.1, 0.15) is 0 Å². The van der Waals surface area contributed by atoms with Crippen molar-refractivity contribution in [3.05, 3.63) is 0 Å². The van der Waals surface area contributed by atoms with Crippen LogP contribution in [0.1, 0.15) is 0 Å². The van der Waals surface area contributed by atoms with E-state index < -0.39 is 10.5 Å². The smallest absolute Gasteiger partial charge is 0.188 e. The summed E-state index contributed by atoms with van der Waals surface area (Å²) in [5, 5.41) is 0. The molecule has 0 bridgehead atoms. The second-order valence-corrected chi connectivity index (χ2v) is 0.704. The van der Waals surface area contributed by atoms with E-state index >= 15 is 0 Å². The Labute approximate surface area is 24.8 Å². The monoisotopic (exact) mass is 79.0 g/mol. The molecule has 0 unspecified atom stereocenters. The summed E-state index contributed by atoms with van der Waals surface area (Å²) in [5.41, 5.74) is 0. The van der Waals surface area contributed by atoms with E-state index in [0.717, 1.165) is 0 Å². The second kappa shape index (κ2) is 1.00. The maximum Gasteiger partial charge on any atom is 0.308 e. The largest absolute Gasteiger partial charge is 0.308 e. The molecule has 0 amide bonds. The van der Waals surface area contributed by atoms with Gasteiger partial charge in [-0.05, 0) is 0 Å². The molecule has 0 saturated heterocycles. The zero-order chi connectivity index (χ0) is 3.58. The van der Waals surface area contributed by atoms with Crippen molar-refractivity contribution in [2.24, 2.45) is 0 Å². The molecule has 0 atom stereocenters. The molecular weight excluding hydrogens is 78.1 g/mol. The van der Waals surface area contributed by atoms with Crippen molar-refractivity contribution in [3.8, 4) is 0 Å². The van der Waals surface area contributed by atoms with E-state index in [0.29, 0.717) is 0 Å². The molecule has 0 spiro atoms. The Morgan fingerprint density at radius 2 is 1.50 bits per heavy atom. The van der Waals surface area contributed by atoms with E-state index in [-0.39, 0.29) is 0 Å². The summed E-state index contributed by atoms with van der Waals surface area (Å²) in [4.78, 5) is 0. The molecular formula is HNO2S. The molecule has 4 heavy (non-hydrogen) atoms. The lowest BCUT2D eigenvalue weighted by Crippen LogP contribution is -1.34. The van der Waals surface area contributed by atoms with Gasteiger partial charge in [0.25, 0.3) is 0 Å². The van der Waals surface area contributed by atoms with Crippen LogP contribution in [0, 0.1) is 4.78 Å². The Kier molecular flexibility index (Phi) is 0.907. The van der Waals surface area contributed by atoms with Crippen molar-refractivity contribution in [1.82, 2.24) is 0 Å². The number of hydrogen-bond donors (Lipinski definition) is 1. The van der Waals surface area contributed by atoms with Gasteiger partial charge in [-0.2, -0.15) is 13.2 Å². The van der Waals surface area contributed by atoms with E-state index in [2.05, 4.69) is 0 Å². The lowest BCUT2D eigenvalue weighted by atomic mass is 14.0. The van der Waals surface area contributed by atoms with Gasteiger partial charge in [0.15, 0.2) is 0 Å². The first kappa shape index (κ1) is 3.62. The first-order valence-electron chi connectivity index (χ1n) is 0.537. The molecule has 0 aliphatic heterocycles. The normalized spacial score (nSPS) is 6.00. The minimum absolute atomic E-state index is 2.61. The highest BCUT2D eigenvalue weighted by Crippen LogP contribution is 1.15. The summed E-state index contributed by atoms with van der Waals surface area (Å²) in [6, 6.07) is 0. The second-order valence-electron chi connectivity index (χ2n) is 0.235. The Morgan fingerprint density at radius 1 is 1.50 bits per heavy atom. The van der Waals surface area contributed by atoms with Crippen molar-refractivity contribution in [1.29, 1.82) is 4.78 Å². The van der Waals surface area contributed by atoms with Crippen LogP contribution in [0.15, 0.2) is 0 Å². The molecule has 1 N–H and O–H groups in total. The molecule has 0 aromatic heterocycles. The molecule has 0 saturated carbocycles. The van der Waals surface area contributed by atoms with Gasteiger partial charge in [0.05, 0.1) is 0 Å².